The second-order valence-electron chi connectivity index (χ2n) is 3.68. The monoisotopic (exact) mass is 228 g/mol. The van der Waals surface area contributed by atoms with Gasteiger partial charge in [-0.25, -0.2) is 4.79 Å². The van der Waals surface area contributed by atoms with Crippen LogP contribution in [-0.4, -0.2) is 25.2 Å². The highest BCUT2D eigenvalue weighted by Gasteiger charge is 2.04. The van der Waals surface area contributed by atoms with E-state index in [1.165, 1.54) is 0 Å². The number of nitrogens with one attached hydrogen (secondary N) is 2. The summed E-state index contributed by atoms with van der Waals surface area (Å²) in [5.74, 6) is -0.0624. The average molecular weight is 228 g/mol. The summed E-state index contributed by atoms with van der Waals surface area (Å²) in [7, 11) is 0. The first-order valence-corrected chi connectivity index (χ1v) is 5.34. The van der Waals surface area contributed by atoms with Crippen molar-refractivity contribution in [2.24, 2.45) is 5.92 Å². The maximum Gasteiger partial charge on any atom is 0.325 e. The number of ether oxygens (including phenoxy) is 1. The van der Waals surface area contributed by atoms with Crippen LogP contribution in [-0.2, 0) is 9.53 Å². The minimum absolute atomic E-state index is 0.117. The molecule has 5 heteroatoms. The minimum atomic E-state index is -0.442. The van der Waals surface area contributed by atoms with E-state index in [2.05, 4.69) is 15.4 Å². The highest BCUT2D eigenvalue weighted by Crippen LogP contribution is 2.05. The van der Waals surface area contributed by atoms with Crippen LogP contribution in [0.1, 0.15) is 27.7 Å². The fourth-order valence-electron chi connectivity index (χ4n) is 0.762. The number of carbonyl (C=O) groups excluding carboxylic acids is 2. The standard InChI is InChI=1S/C11H20N2O3/c1-5-16-10(14)7-13-11(15)12-6-9(4)8(2)3/h6,8H,5,7H2,1-4H3,(H2,12,13,15)/b9-6+. The molecule has 16 heavy (non-hydrogen) atoms. The third kappa shape index (κ3) is 6.86. The average Bonchev–Trinajstić information content (AvgIpc) is 2.23. The van der Waals surface area contributed by atoms with Gasteiger partial charge in [-0.2, -0.15) is 0 Å². The normalized spacial score (nSPS) is 11.2. The summed E-state index contributed by atoms with van der Waals surface area (Å²) in [5, 5.41) is 4.93. The number of esters is 1. The second-order valence-corrected chi connectivity index (χ2v) is 3.68. The molecule has 0 bridgehead atoms. The maximum atomic E-state index is 11.2. The van der Waals surface area contributed by atoms with E-state index in [1.54, 1.807) is 13.1 Å². The maximum absolute atomic E-state index is 11.2. The summed E-state index contributed by atoms with van der Waals surface area (Å²) in [6, 6.07) is -0.409. The van der Waals surface area contributed by atoms with Gasteiger partial charge in [-0.15, -0.1) is 0 Å². The topological polar surface area (TPSA) is 67.4 Å². The largest absolute Gasteiger partial charge is 0.465 e. The molecular weight excluding hydrogens is 208 g/mol. The van der Waals surface area contributed by atoms with Gasteiger partial charge in [-0.05, 0) is 19.8 Å². The van der Waals surface area contributed by atoms with Crippen molar-refractivity contribution < 1.29 is 14.3 Å². The number of hydrogen-bond acceptors (Lipinski definition) is 3. The van der Waals surface area contributed by atoms with E-state index in [1.807, 2.05) is 20.8 Å². The zero-order chi connectivity index (χ0) is 12.6. The van der Waals surface area contributed by atoms with E-state index in [9.17, 15) is 9.59 Å². The molecule has 0 saturated carbocycles. The zero-order valence-corrected chi connectivity index (χ0v) is 10.3. The Morgan fingerprint density at radius 3 is 2.50 bits per heavy atom. The first kappa shape index (κ1) is 14.5. The lowest BCUT2D eigenvalue weighted by Crippen LogP contribution is -2.36. The number of amides is 2. The lowest BCUT2D eigenvalue weighted by molar-refractivity contribution is -0.141. The van der Waals surface area contributed by atoms with Gasteiger partial charge in [0.25, 0.3) is 0 Å². The summed E-state index contributed by atoms with van der Waals surface area (Å²) in [6.45, 7) is 7.90. The summed E-state index contributed by atoms with van der Waals surface area (Å²) in [4.78, 5) is 22.1. The fraction of sp³-hybridized carbons (Fsp3) is 0.636. The third-order valence-electron chi connectivity index (χ3n) is 2.04. The summed E-state index contributed by atoms with van der Waals surface area (Å²) in [5.41, 5.74) is 1.06. The van der Waals surface area contributed by atoms with Crippen molar-refractivity contribution in [3.8, 4) is 0 Å². The Morgan fingerprint density at radius 2 is 2.00 bits per heavy atom. The molecule has 0 aliphatic carbocycles. The van der Waals surface area contributed by atoms with Gasteiger partial charge in [0, 0.05) is 6.20 Å². The number of allylic oxidation sites excluding steroid dienone is 1. The predicted molar refractivity (Wildman–Crippen MR) is 61.8 cm³/mol. The van der Waals surface area contributed by atoms with Crippen molar-refractivity contribution in [1.29, 1.82) is 0 Å². The molecule has 0 aromatic rings. The predicted octanol–water partition coefficient (Wildman–Crippen LogP) is 1.41. The first-order valence-electron chi connectivity index (χ1n) is 5.34. The van der Waals surface area contributed by atoms with Gasteiger partial charge in [0.05, 0.1) is 6.61 Å². The van der Waals surface area contributed by atoms with Gasteiger partial charge in [-0.1, -0.05) is 19.4 Å². The van der Waals surface area contributed by atoms with Crippen LogP contribution in [0.2, 0.25) is 0 Å². The van der Waals surface area contributed by atoms with Gasteiger partial charge >= 0.3 is 12.0 Å². The van der Waals surface area contributed by atoms with Crippen LogP contribution in [0.3, 0.4) is 0 Å². The molecule has 0 radical (unpaired) electrons. The smallest absolute Gasteiger partial charge is 0.325 e. The molecule has 0 aromatic carbocycles. The van der Waals surface area contributed by atoms with E-state index < -0.39 is 12.0 Å². The Labute approximate surface area is 96.2 Å². The van der Waals surface area contributed by atoms with Crippen LogP contribution in [0, 0.1) is 5.92 Å². The van der Waals surface area contributed by atoms with Crippen molar-refractivity contribution in [3.05, 3.63) is 11.8 Å². The third-order valence-corrected chi connectivity index (χ3v) is 2.04. The Balaban J connectivity index is 3.83. The Morgan fingerprint density at radius 1 is 1.38 bits per heavy atom. The Kier molecular flexibility index (Phi) is 7.00. The molecule has 0 aliphatic heterocycles. The number of urea groups is 1. The van der Waals surface area contributed by atoms with Gasteiger partial charge in [0.2, 0.25) is 0 Å². The zero-order valence-electron chi connectivity index (χ0n) is 10.3. The van der Waals surface area contributed by atoms with E-state index in [-0.39, 0.29) is 6.54 Å². The summed E-state index contributed by atoms with van der Waals surface area (Å²) in [6.07, 6.45) is 1.63. The van der Waals surface area contributed by atoms with Crippen LogP contribution < -0.4 is 10.6 Å². The van der Waals surface area contributed by atoms with Crippen molar-refractivity contribution in [1.82, 2.24) is 10.6 Å². The molecule has 5 nitrogen and oxygen atoms in total. The molecule has 92 valence electrons. The number of rotatable bonds is 5. The van der Waals surface area contributed by atoms with Gasteiger partial charge in [0.1, 0.15) is 6.54 Å². The van der Waals surface area contributed by atoms with Gasteiger partial charge in [0.15, 0.2) is 0 Å². The van der Waals surface area contributed by atoms with Crippen LogP contribution >= 0.6 is 0 Å². The summed E-state index contributed by atoms with van der Waals surface area (Å²) >= 11 is 0. The first-order chi connectivity index (χ1) is 7.47. The van der Waals surface area contributed by atoms with E-state index in [0.717, 1.165) is 5.57 Å². The van der Waals surface area contributed by atoms with Crippen LogP contribution in [0.15, 0.2) is 11.8 Å². The lowest BCUT2D eigenvalue weighted by atomic mass is 10.1. The van der Waals surface area contributed by atoms with Crippen molar-refractivity contribution in [2.75, 3.05) is 13.2 Å². The lowest BCUT2D eigenvalue weighted by Gasteiger charge is -2.07. The molecular formula is C11H20N2O3. The SMILES string of the molecule is CCOC(=O)CNC(=O)N/C=C(\C)C(C)C. The van der Waals surface area contributed by atoms with Crippen molar-refractivity contribution >= 4 is 12.0 Å². The van der Waals surface area contributed by atoms with E-state index >= 15 is 0 Å². The molecule has 0 atom stereocenters. The van der Waals surface area contributed by atoms with Crippen LogP contribution in [0.25, 0.3) is 0 Å². The van der Waals surface area contributed by atoms with Gasteiger partial charge in [-0.3, -0.25) is 4.79 Å². The molecule has 0 spiro atoms. The Hall–Kier alpha value is -1.52. The van der Waals surface area contributed by atoms with E-state index in [0.29, 0.717) is 12.5 Å². The molecule has 0 aliphatic rings. The number of carbonyl (C=O) groups is 2. The minimum Gasteiger partial charge on any atom is -0.465 e. The number of hydrogen-bond donors (Lipinski definition) is 2. The quantitative estimate of drug-likeness (QED) is 0.699. The fourth-order valence-corrected chi connectivity index (χ4v) is 0.762. The molecule has 0 rings (SSSR count). The molecule has 2 amide bonds. The highest BCUT2D eigenvalue weighted by molar-refractivity contribution is 5.81. The highest BCUT2D eigenvalue weighted by atomic mass is 16.5. The molecule has 0 heterocycles. The van der Waals surface area contributed by atoms with Crippen molar-refractivity contribution in [2.45, 2.75) is 27.7 Å². The molecule has 2 N–H and O–H groups in total. The molecule has 0 saturated heterocycles. The second kappa shape index (κ2) is 7.73. The summed E-state index contributed by atoms with van der Waals surface area (Å²) < 4.78 is 4.66. The van der Waals surface area contributed by atoms with Crippen LogP contribution in [0.5, 0.6) is 0 Å². The van der Waals surface area contributed by atoms with Crippen LogP contribution in [0.4, 0.5) is 4.79 Å². The molecule has 0 unspecified atom stereocenters. The Bertz CT molecular complexity index is 272. The van der Waals surface area contributed by atoms with Crippen molar-refractivity contribution in [3.63, 3.8) is 0 Å². The molecule has 0 fully saturated rings. The van der Waals surface area contributed by atoms with Gasteiger partial charge < -0.3 is 15.4 Å². The van der Waals surface area contributed by atoms with E-state index in [4.69, 9.17) is 0 Å². The molecule has 0 aromatic heterocycles.